The van der Waals surface area contributed by atoms with Gasteiger partial charge >= 0.3 is 0 Å². The van der Waals surface area contributed by atoms with Gasteiger partial charge in [-0.25, -0.2) is 0 Å². The maximum Gasteiger partial charge on any atom is 0.225 e. The molecule has 1 aliphatic rings. The Balaban J connectivity index is 1.58. The molecule has 3 rings (SSSR count). The summed E-state index contributed by atoms with van der Waals surface area (Å²) >= 11 is 0. The first-order chi connectivity index (χ1) is 12.2. The van der Waals surface area contributed by atoms with Gasteiger partial charge in [0.15, 0.2) is 0 Å². The summed E-state index contributed by atoms with van der Waals surface area (Å²) in [6.45, 7) is 5.78. The third kappa shape index (κ3) is 4.48. The molecule has 1 aliphatic heterocycles. The number of piperidine rings is 1. The summed E-state index contributed by atoms with van der Waals surface area (Å²) in [5.41, 5.74) is 3.09. The highest BCUT2D eigenvalue weighted by Gasteiger charge is 2.26. The highest BCUT2D eigenvalue weighted by molar-refractivity contribution is 5.91. The first kappa shape index (κ1) is 17.7. The van der Waals surface area contributed by atoms with Gasteiger partial charge in [-0.05, 0) is 44.4 Å². The van der Waals surface area contributed by atoms with Gasteiger partial charge in [0.25, 0.3) is 0 Å². The van der Waals surface area contributed by atoms with Crippen LogP contribution in [0.1, 0.15) is 55.7 Å². The van der Waals surface area contributed by atoms with Crippen molar-refractivity contribution in [1.29, 1.82) is 0 Å². The molecule has 0 spiro atoms. The number of amides is 1. The summed E-state index contributed by atoms with van der Waals surface area (Å²) in [4.78, 5) is 14.8. The lowest BCUT2D eigenvalue weighted by Crippen LogP contribution is -2.35. The van der Waals surface area contributed by atoms with Crippen LogP contribution < -0.4 is 5.32 Å². The average Bonchev–Trinajstić information content (AvgIpc) is 3.07. The van der Waals surface area contributed by atoms with Gasteiger partial charge in [-0.1, -0.05) is 36.7 Å². The quantitative estimate of drug-likeness (QED) is 0.859. The maximum absolute atomic E-state index is 12.4. The number of aryl methyl sites for hydroxylation is 2. The molecule has 134 valence electrons. The number of hydrogen-bond acceptors (Lipinski definition) is 4. The second-order valence-electron chi connectivity index (χ2n) is 6.72. The highest BCUT2D eigenvalue weighted by atomic mass is 16.5. The number of para-hydroxylation sites is 1. The van der Waals surface area contributed by atoms with Crippen LogP contribution >= 0.6 is 0 Å². The maximum atomic E-state index is 12.4. The van der Waals surface area contributed by atoms with Crippen LogP contribution in [0.25, 0.3) is 0 Å². The molecule has 0 aliphatic carbocycles. The van der Waals surface area contributed by atoms with Gasteiger partial charge in [-0.2, -0.15) is 0 Å². The van der Waals surface area contributed by atoms with E-state index in [0.29, 0.717) is 6.42 Å². The molecule has 2 heterocycles. The number of likely N-dealkylation sites (tertiary alicyclic amines) is 1. The van der Waals surface area contributed by atoms with Gasteiger partial charge < -0.3 is 9.84 Å². The number of aromatic nitrogens is 1. The SMILES string of the molecule is CCc1ccccc1NC(=O)CCN1CCCC[C@H]1c1cc(C)on1. The number of carbonyl (C=O) groups excluding carboxylic acids is 1. The van der Waals surface area contributed by atoms with Crippen LogP contribution in [0.5, 0.6) is 0 Å². The number of anilines is 1. The lowest BCUT2D eigenvalue weighted by atomic mass is 9.99. The number of hydrogen-bond donors (Lipinski definition) is 1. The fourth-order valence-corrected chi connectivity index (χ4v) is 3.54. The summed E-state index contributed by atoms with van der Waals surface area (Å²) in [5.74, 6) is 0.913. The Bertz CT molecular complexity index is 710. The van der Waals surface area contributed by atoms with Gasteiger partial charge in [0.2, 0.25) is 5.91 Å². The Labute approximate surface area is 149 Å². The van der Waals surface area contributed by atoms with E-state index >= 15 is 0 Å². The molecule has 25 heavy (non-hydrogen) atoms. The fraction of sp³-hybridized carbons (Fsp3) is 0.500. The predicted octanol–water partition coefficient (Wildman–Crippen LogP) is 4.10. The molecule has 2 aromatic rings. The first-order valence-electron chi connectivity index (χ1n) is 9.22. The van der Waals surface area contributed by atoms with Gasteiger partial charge in [0.05, 0.1) is 6.04 Å². The fourth-order valence-electron chi connectivity index (χ4n) is 3.54. The smallest absolute Gasteiger partial charge is 0.225 e. The van der Waals surface area contributed by atoms with Crippen molar-refractivity contribution in [3.8, 4) is 0 Å². The van der Waals surface area contributed by atoms with E-state index < -0.39 is 0 Å². The van der Waals surface area contributed by atoms with Gasteiger partial charge in [0, 0.05) is 24.7 Å². The van der Waals surface area contributed by atoms with Crippen molar-refractivity contribution >= 4 is 11.6 Å². The minimum Gasteiger partial charge on any atom is -0.361 e. The van der Waals surface area contributed by atoms with Crippen molar-refractivity contribution in [1.82, 2.24) is 10.1 Å². The Morgan fingerprint density at radius 3 is 2.96 bits per heavy atom. The molecule has 1 saturated heterocycles. The average molecular weight is 341 g/mol. The number of nitrogens with zero attached hydrogens (tertiary/aromatic N) is 2. The number of nitrogens with one attached hydrogen (secondary N) is 1. The monoisotopic (exact) mass is 341 g/mol. The van der Waals surface area contributed by atoms with Crippen molar-refractivity contribution in [2.45, 2.75) is 52.0 Å². The number of rotatable bonds is 6. The largest absolute Gasteiger partial charge is 0.361 e. The predicted molar refractivity (Wildman–Crippen MR) is 98.5 cm³/mol. The van der Waals surface area contributed by atoms with Crippen molar-refractivity contribution in [2.75, 3.05) is 18.4 Å². The molecule has 1 aromatic heterocycles. The van der Waals surface area contributed by atoms with Crippen LogP contribution in [0.3, 0.4) is 0 Å². The molecular formula is C20H27N3O2. The van der Waals surface area contributed by atoms with Crippen LogP contribution in [-0.4, -0.2) is 29.1 Å². The molecule has 0 radical (unpaired) electrons. The zero-order valence-electron chi connectivity index (χ0n) is 15.1. The summed E-state index contributed by atoms with van der Waals surface area (Å²) in [6.07, 6.45) is 4.85. The standard InChI is InChI=1S/C20H27N3O2/c1-3-16-8-4-5-9-17(16)21-20(24)11-13-23-12-7-6-10-19(23)18-14-15(2)25-22-18/h4-5,8-9,14,19H,3,6-7,10-13H2,1-2H3,(H,21,24)/t19-/m0/s1. The summed E-state index contributed by atoms with van der Waals surface area (Å²) in [6, 6.07) is 10.3. The van der Waals surface area contributed by atoms with E-state index in [-0.39, 0.29) is 11.9 Å². The molecule has 1 atom stereocenters. The van der Waals surface area contributed by atoms with Crippen LogP contribution in [0.15, 0.2) is 34.9 Å². The number of benzene rings is 1. The molecular weight excluding hydrogens is 314 g/mol. The molecule has 1 amide bonds. The molecule has 0 bridgehead atoms. The van der Waals surface area contributed by atoms with E-state index in [0.717, 1.165) is 43.1 Å². The highest BCUT2D eigenvalue weighted by Crippen LogP contribution is 2.30. The molecule has 1 fully saturated rings. The van der Waals surface area contributed by atoms with Gasteiger partial charge in [-0.15, -0.1) is 0 Å². The minimum absolute atomic E-state index is 0.0709. The van der Waals surface area contributed by atoms with E-state index in [1.807, 2.05) is 31.2 Å². The van der Waals surface area contributed by atoms with Crippen LogP contribution in [0, 0.1) is 6.92 Å². The van der Waals surface area contributed by atoms with Crippen LogP contribution in [-0.2, 0) is 11.2 Å². The molecule has 1 N–H and O–H groups in total. The van der Waals surface area contributed by atoms with E-state index in [4.69, 9.17) is 4.52 Å². The molecule has 5 nitrogen and oxygen atoms in total. The first-order valence-corrected chi connectivity index (χ1v) is 9.22. The van der Waals surface area contributed by atoms with Crippen molar-refractivity contribution in [2.24, 2.45) is 0 Å². The second-order valence-corrected chi connectivity index (χ2v) is 6.72. The van der Waals surface area contributed by atoms with Gasteiger partial charge in [-0.3, -0.25) is 9.69 Å². The van der Waals surface area contributed by atoms with Crippen molar-refractivity contribution in [3.63, 3.8) is 0 Å². The third-order valence-corrected chi connectivity index (χ3v) is 4.90. The Hall–Kier alpha value is -2.14. The molecule has 0 unspecified atom stereocenters. The van der Waals surface area contributed by atoms with E-state index in [9.17, 15) is 4.79 Å². The van der Waals surface area contributed by atoms with Crippen LogP contribution in [0.4, 0.5) is 5.69 Å². The second kappa shape index (κ2) is 8.30. The number of carbonyl (C=O) groups is 1. The Kier molecular flexibility index (Phi) is 5.87. The Morgan fingerprint density at radius 1 is 1.36 bits per heavy atom. The van der Waals surface area contributed by atoms with Crippen molar-refractivity contribution < 1.29 is 9.32 Å². The minimum atomic E-state index is 0.0709. The topological polar surface area (TPSA) is 58.4 Å². The molecule has 1 aromatic carbocycles. The summed E-state index contributed by atoms with van der Waals surface area (Å²) in [7, 11) is 0. The summed E-state index contributed by atoms with van der Waals surface area (Å²) in [5, 5.41) is 7.25. The zero-order chi connectivity index (χ0) is 17.6. The van der Waals surface area contributed by atoms with E-state index in [1.54, 1.807) is 0 Å². The van der Waals surface area contributed by atoms with E-state index in [1.165, 1.54) is 18.4 Å². The zero-order valence-corrected chi connectivity index (χ0v) is 15.1. The summed E-state index contributed by atoms with van der Waals surface area (Å²) < 4.78 is 5.24. The lowest BCUT2D eigenvalue weighted by Gasteiger charge is -2.34. The van der Waals surface area contributed by atoms with Gasteiger partial charge in [0.1, 0.15) is 11.5 Å². The molecule has 5 heteroatoms. The molecule has 0 saturated carbocycles. The van der Waals surface area contributed by atoms with Crippen LogP contribution in [0.2, 0.25) is 0 Å². The lowest BCUT2D eigenvalue weighted by molar-refractivity contribution is -0.116. The third-order valence-electron chi connectivity index (χ3n) is 4.90. The normalized spacial score (nSPS) is 18.2. The van der Waals surface area contributed by atoms with E-state index in [2.05, 4.69) is 28.4 Å². The van der Waals surface area contributed by atoms with Crippen molar-refractivity contribution in [3.05, 3.63) is 47.3 Å². The Morgan fingerprint density at radius 2 is 2.20 bits per heavy atom.